The van der Waals surface area contributed by atoms with Crippen LogP contribution in [-0.4, -0.2) is 12.1 Å². The molecule has 14 heavy (non-hydrogen) atoms. The van der Waals surface area contributed by atoms with Crippen molar-refractivity contribution in [3.63, 3.8) is 0 Å². The lowest BCUT2D eigenvalue weighted by Crippen LogP contribution is -1.85. The van der Waals surface area contributed by atoms with Gasteiger partial charge in [-0.2, -0.15) is 5.26 Å². The van der Waals surface area contributed by atoms with Gasteiger partial charge in [0.25, 0.3) is 0 Å². The van der Waals surface area contributed by atoms with Crippen LogP contribution in [0.25, 0.3) is 11.1 Å². The van der Waals surface area contributed by atoms with Crippen LogP contribution in [0.3, 0.4) is 0 Å². The maximum absolute atomic E-state index is 8.83. The molecule has 0 unspecified atom stereocenters. The Hall–Kier alpha value is -2.02. The van der Waals surface area contributed by atoms with E-state index in [0.29, 0.717) is 28.3 Å². The molecule has 0 fully saturated rings. The predicted octanol–water partition coefficient (Wildman–Crippen LogP) is 2.02. The molecule has 0 aliphatic heterocycles. The van der Waals surface area contributed by atoms with Gasteiger partial charge in [0.05, 0.1) is 12.7 Å². The van der Waals surface area contributed by atoms with Gasteiger partial charge in [0.15, 0.2) is 17.0 Å². The second kappa shape index (κ2) is 3.04. The van der Waals surface area contributed by atoms with Gasteiger partial charge in [-0.3, -0.25) is 0 Å². The minimum Gasteiger partial charge on any atom is -0.494 e. The zero-order valence-corrected chi connectivity index (χ0v) is 7.87. The minimum absolute atomic E-state index is 0.474. The van der Waals surface area contributed by atoms with Crippen molar-refractivity contribution in [3.8, 4) is 11.8 Å². The Morgan fingerprint density at radius 1 is 1.50 bits per heavy atom. The van der Waals surface area contributed by atoms with E-state index in [9.17, 15) is 0 Å². The van der Waals surface area contributed by atoms with Gasteiger partial charge in [-0.1, -0.05) is 0 Å². The number of nitriles is 1. The Morgan fingerprint density at radius 3 is 2.93 bits per heavy atom. The van der Waals surface area contributed by atoms with Gasteiger partial charge in [0.2, 0.25) is 0 Å². The number of aromatic nitrogens is 1. The first-order valence-corrected chi connectivity index (χ1v) is 4.10. The van der Waals surface area contributed by atoms with Gasteiger partial charge in [0, 0.05) is 6.92 Å². The molecule has 0 atom stereocenters. The number of ether oxygens (including phenoxy) is 1. The van der Waals surface area contributed by atoms with Gasteiger partial charge in [-0.15, -0.1) is 0 Å². The van der Waals surface area contributed by atoms with Crippen molar-refractivity contribution >= 4 is 11.1 Å². The molecule has 0 aliphatic rings. The van der Waals surface area contributed by atoms with Crippen LogP contribution in [0.1, 0.15) is 11.5 Å². The fourth-order valence-corrected chi connectivity index (χ4v) is 1.34. The Kier molecular flexibility index (Phi) is 1.86. The maximum Gasteiger partial charge on any atom is 0.192 e. The van der Waals surface area contributed by atoms with Crippen LogP contribution in [0.15, 0.2) is 16.5 Å². The molecular weight excluding hydrogens is 180 g/mol. The highest BCUT2D eigenvalue weighted by Gasteiger charge is 2.12. The lowest BCUT2D eigenvalue weighted by atomic mass is 10.2. The van der Waals surface area contributed by atoms with Crippen LogP contribution < -0.4 is 4.74 Å². The van der Waals surface area contributed by atoms with Crippen LogP contribution in [-0.2, 0) is 0 Å². The van der Waals surface area contributed by atoms with Crippen molar-refractivity contribution in [1.82, 2.24) is 4.98 Å². The van der Waals surface area contributed by atoms with Crippen molar-refractivity contribution in [1.29, 1.82) is 5.26 Å². The summed E-state index contributed by atoms with van der Waals surface area (Å²) in [5.74, 6) is 1.15. The van der Waals surface area contributed by atoms with E-state index in [1.807, 2.05) is 6.07 Å². The molecule has 2 rings (SSSR count). The largest absolute Gasteiger partial charge is 0.494 e. The van der Waals surface area contributed by atoms with Crippen molar-refractivity contribution in [3.05, 3.63) is 23.6 Å². The molecule has 70 valence electrons. The molecule has 0 amide bonds. The van der Waals surface area contributed by atoms with Crippen LogP contribution >= 0.6 is 0 Å². The summed E-state index contributed by atoms with van der Waals surface area (Å²) in [5.41, 5.74) is 1.56. The third-order valence-corrected chi connectivity index (χ3v) is 1.95. The summed E-state index contributed by atoms with van der Waals surface area (Å²) in [5, 5.41) is 8.83. The molecule has 1 aromatic heterocycles. The summed E-state index contributed by atoms with van der Waals surface area (Å²) < 4.78 is 10.4. The molecule has 0 radical (unpaired) electrons. The van der Waals surface area contributed by atoms with Crippen LogP contribution in [0.2, 0.25) is 0 Å². The highest BCUT2D eigenvalue weighted by Crippen LogP contribution is 2.28. The molecular formula is C10H8N2O2. The maximum atomic E-state index is 8.83. The lowest BCUT2D eigenvalue weighted by Gasteiger charge is -1.98. The van der Waals surface area contributed by atoms with Crippen molar-refractivity contribution in [2.75, 3.05) is 7.11 Å². The number of rotatable bonds is 1. The molecule has 1 heterocycles. The summed E-state index contributed by atoms with van der Waals surface area (Å²) in [6.07, 6.45) is 0. The lowest BCUT2D eigenvalue weighted by molar-refractivity contribution is 0.419. The van der Waals surface area contributed by atoms with E-state index >= 15 is 0 Å². The highest BCUT2D eigenvalue weighted by molar-refractivity contribution is 5.84. The predicted molar refractivity (Wildman–Crippen MR) is 50.0 cm³/mol. The van der Waals surface area contributed by atoms with Gasteiger partial charge < -0.3 is 9.15 Å². The summed E-state index contributed by atoms with van der Waals surface area (Å²) in [4.78, 5) is 4.15. The van der Waals surface area contributed by atoms with Gasteiger partial charge >= 0.3 is 0 Å². The molecule has 4 heteroatoms. The molecule has 0 saturated heterocycles. The van der Waals surface area contributed by atoms with Crippen LogP contribution in [0, 0.1) is 18.3 Å². The molecule has 0 spiro atoms. The SMILES string of the molecule is COc1ccc(C#N)c2oc(C)nc12. The van der Waals surface area contributed by atoms with E-state index in [-0.39, 0.29) is 0 Å². The van der Waals surface area contributed by atoms with Crippen LogP contribution in [0.4, 0.5) is 0 Å². The van der Waals surface area contributed by atoms with Gasteiger partial charge in [-0.05, 0) is 12.1 Å². The number of hydrogen-bond acceptors (Lipinski definition) is 4. The monoisotopic (exact) mass is 188 g/mol. The third-order valence-electron chi connectivity index (χ3n) is 1.95. The van der Waals surface area contributed by atoms with Gasteiger partial charge in [0.1, 0.15) is 11.8 Å². The standard InChI is InChI=1S/C10H8N2O2/c1-6-12-9-8(13-2)4-3-7(5-11)10(9)14-6/h3-4H,1-2H3. The summed E-state index contributed by atoms with van der Waals surface area (Å²) in [7, 11) is 1.56. The molecule has 4 nitrogen and oxygen atoms in total. The zero-order valence-electron chi connectivity index (χ0n) is 7.87. The van der Waals surface area contributed by atoms with E-state index < -0.39 is 0 Å². The Labute approximate surface area is 80.7 Å². The number of nitrogens with zero attached hydrogens (tertiary/aromatic N) is 2. The molecule has 0 bridgehead atoms. The number of aryl methyl sites for hydroxylation is 1. The number of fused-ring (bicyclic) bond motifs is 1. The second-order valence-corrected chi connectivity index (χ2v) is 2.84. The first kappa shape index (κ1) is 8.57. The first-order valence-electron chi connectivity index (χ1n) is 4.10. The average molecular weight is 188 g/mol. The zero-order chi connectivity index (χ0) is 10.1. The van der Waals surface area contributed by atoms with Gasteiger partial charge in [-0.25, -0.2) is 4.98 Å². The molecule has 0 N–H and O–H groups in total. The normalized spacial score (nSPS) is 10.1. The fraction of sp³-hybridized carbons (Fsp3) is 0.200. The number of benzene rings is 1. The number of oxazole rings is 1. The molecule has 2 aromatic rings. The summed E-state index contributed by atoms with van der Waals surface area (Å²) in [6.45, 7) is 1.74. The first-order chi connectivity index (χ1) is 6.76. The third kappa shape index (κ3) is 1.11. The van der Waals surface area contributed by atoms with E-state index in [1.54, 1.807) is 26.2 Å². The van der Waals surface area contributed by atoms with Crippen LogP contribution in [0.5, 0.6) is 5.75 Å². The Balaban J connectivity index is 2.86. The van der Waals surface area contributed by atoms with E-state index in [4.69, 9.17) is 14.4 Å². The summed E-state index contributed by atoms with van der Waals surface area (Å²) in [6, 6.07) is 5.41. The van der Waals surface area contributed by atoms with E-state index in [0.717, 1.165) is 0 Å². The minimum atomic E-state index is 0.474. The van der Waals surface area contributed by atoms with E-state index in [1.165, 1.54) is 0 Å². The average Bonchev–Trinajstić information content (AvgIpc) is 2.57. The quantitative estimate of drug-likeness (QED) is 0.686. The van der Waals surface area contributed by atoms with Crippen molar-refractivity contribution < 1.29 is 9.15 Å². The number of hydrogen-bond donors (Lipinski definition) is 0. The smallest absolute Gasteiger partial charge is 0.192 e. The molecule has 1 aromatic carbocycles. The fourth-order valence-electron chi connectivity index (χ4n) is 1.34. The topological polar surface area (TPSA) is 59.0 Å². The van der Waals surface area contributed by atoms with Crippen molar-refractivity contribution in [2.45, 2.75) is 6.92 Å². The molecule has 0 aliphatic carbocycles. The molecule has 0 saturated carbocycles. The number of methoxy groups -OCH3 is 1. The van der Waals surface area contributed by atoms with Crippen molar-refractivity contribution in [2.24, 2.45) is 0 Å². The Bertz CT molecular complexity index is 523. The highest BCUT2D eigenvalue weighted by atomic mass is 16.5. The second-order valence-electron chi connectivity index (χ2n) is 2.84. The summed E-state index contributed by atoms with van der Waals surface area (Å²) >= 11 is 0. The Morgan fingerprint density at radius 2 is 2.29 bits per heavy atom. The van der Waals surface area contributed by atoms with E-state index in [2.05, 4.69) is 4.98 Å².